The lowest BCUT2D eigenvalue weighted by Gasteiger charge is -2.10. The number of para-hydroxylation sites is 1. The summed E-state index contributed by atoms with van der Waals surface area (Å²) < 4.78 is 5.27. The molecule has 0 heterocycles. The minimum atomic E-state index is -1.03. The second-order valence-electron chi connectivity index (χ2n) is 4.76. The Bertz CT molecular complexity index is 500. The molecule has 1 aliphatic carbocycles. The van der Waals surface area contributed by atoms with E-state index in [-0.39, 0.29) is 17.7 Å². The first kappa shape index (κ1) is 13.4. The maximum Gasteiger partial charge on any atom is 0.325 e. The lowest BCUT2D eigenvalue weighted by atomic mass is 10.1. The van der Waals surface area contributed by atoms with E-state index in [1.807, 2.05) is 24.3 Å². The number of hydrogen-bond acceptors (Lipinski definition) is 3. The Kier molecular flexibility index (Phi) is 3.74. The molecule has 1 amide bonds. The van der Waals surface area contributed by atoms with Gasteiger partial charge in [0.2, 0.25) is 5.91 Å². The quantitative estimate of drug-likeness (QED) is 0.841. The highest BCUT2D eigenvalue weighted by Gasteiger charge is 2.45. The molecule has 5 nitrogen and oxygen atoms in total. The first-order valence-corrected chi connectivity index (χ1v) is 6.20. The molecule has 1 aromatic carbocycles. The number of rotatable bonds is 5. The van der Waals surface area contributed by atoms with Gasteiger partial charge >= 0.3 is 5.97 Å². The van der Waals surface area contributed by atoms with Crippen molar-refractivity contribution in [1.82, 2.24) is 5.32 Å². The number of nitrogens with one attached hydrogen (secondary N) is 1. The topological polar surface area (TPSA) is 75.6 Å². The first-order valence-electron chi connectivity index (χ1n) is 6.20. The van der Waals surface area contributed by atoms with E-state index in [9.17, 15) is 9.59 Å². The van der Waals surface area contributed by atoms with Crippen LogP contribution in [0.3, 0.4) is 0 Å². The Morgan fingerprint density at radius 2 is 2.11 bits per heavy atom. The van der Waals surface area contributed by atoms with Crippen LogP contribution in [-0.2, 0) is 9.59 Å². The predicted octanol–water partition coefficient (Wildman–Crippen LogP) is 1.39. The second-order valence-corrected chi connectivity index (χ2v) is 4.76. The van der Waals surface area contributed by atoms with E-state index in [1.54, 1.807) is 7.11 Å². The van der Waals surface area contributed by atoms with Crippen molar-refractivity contribution in [1.29, 1.82) is 0 Å². The van der Waals surface area contributed by atoms with Crippen molar-refractivity contribution in [2.75, 3.05) is 7.11 Å². The third-order valence-electron chi connectivity index (χ3n) is 3.39. The lowest BCUT2D eigenvalue weighted by Crippen LogP contribution is -2.39. The molecule has 0 radical (unpaired) electrons. The molecule has 19 heavy (non-hydrogen) atoms. The van der Waals surface area contributed by atoms with Crippen molar-refractivity contribution in [3.8, 4) is 5.75 Å². The number of aliphatic carboxylic acids is 1. The van der Waals surface area contributed by atoms with E-state index in [0.29, 0.717) is 0 Å². The Morgan fingerprint density at radius 3 is 2.74 bits per heavy atom. The van der Waals surface area contributed by atoms with Crippen LogP contribution >= 0.6 is 0 Å². The zero-order valence-electron chi connectivity index (χ0n) is 10.9. The van der Waals surface area contributed by atoms with Crippen LogP contribution in [0.4, 0.5) is 0 Å². The van der Waals surface area contributed by atoms with Gasteiger partial charge in [-0.05, 0) is 30.9 Å². The molecule has 0 spiro atoms. The van der Waals surface area contributed by atoms with Gasteiger partial charge in [0.05, 0.1) is 7.11 Å². The van der Waals surface area contributed by atoms with E-state index in [2.05, 4.69) is 5.32 Å². The molecule has 0 bridgehead atoms. The highest BCUT2D eigenvalue weighted by molar-refractivity contribution is 5.87. The van der Waals surface area contributed by atoms with Crippen molar-refractivity contribution < 1.29 is 19.4 Å². The summed E-state index contributed by atoms with van der Waals surface area (Å²) in [7, 11) is 1.60. The Balaban J connectivity index is 2.00. The van der Waals surface area contributed by atoms with E-state index < -0.39 is 12.0 Å². The first-order chi connectivity index (χ1) is 9.04. The Labute approximate surface area is 111 Å². The van der Waals surface area contributed by atoms with Crippen molar-refractivity contribution in [3.63, 3.8) is 0 Å². The van der Waals surface area contributed by atoms with Crippen LogP contribution in [0.25, 0.3) is 0 Å². The number of methoxy groups -OCH3 is 1. The third-order valence-corrected chi connectivity index (χ3v) is 3.39. The SMILES string of the molecule is COc1ccccc1[C@H]1C[C@H]1C(=O)N[C@H](C)C(=O)O. The van der Waals surface area contributed by atoms with Crippen LogP contribution in [0.2, 0.25) is 0 Å². The number of benzene rings is 1. The lowest BCUT2D eigenvalue weighted by molar-refractivity contribution is -0.141. The van der Waals surface area contributed by atoms with Crippen LogP contribution in [0.15, 0.2) is 24.3 Å². The van der Waals surface area contributed by atoms with Crippen LogP contribution in [0, 0.1) is 5.92 Å². The molecule has 3 atom stereocenters. The fourth-order valence-electron chi connectivity index (χ4n) is 2.18. The molecular weight excluding hydrogens is 246 g/mol. The fraction of sp³-hybridized carbons (Fsp3) is 0.429. The number of carbonyl (C=O) groups excluding carboxylic acids is 1. The summed E-state index contributed by atoms with van der Waals surface area (Å²) in [6, 6.07) is 6.74. The monoisotopic (exact) mass is 263 g/mol. The zero-order chi connectivity index (χ0) is 14.0. The van der Waals surface area contributed by atoms with Crippen LogP contribution in [-0.4, -0.2) is 30.1 Å². The molecule has 5 heteroatoms. The van der Waals surface area contributed by atoms with Gasteiger partial charge in [-0.1, -0.05) is 18.2 Å². The van der Waals surface area contributed by atoms with Crippen LogP contribution < -0.4 is 10.1 Å². The number of ether oxygens (including phenoxy) is 1. The molecule has 0 unspecified atom stereocenters. The number of amides is 1. The normalized spacial score (nSPS) is 22.4. The average Bonchev–Trinajstić information content (AvgIpc) is 3.18. The van der Waals surface area contributed by atoms with Gasteiger partial charge in [-0.2, -0.15) is 0 Å². The summed E-state index contributed by atoms with van der Waals surface area (Å²) in [5.41, 5.74) is 1.01. The summed E-state index contributed by atoms with van der Waals surface area (Å²) in [6.45, 7) is 1.46. The van der Waals surface area contributed by atoms with Crippen molar-refractivity contribution >= 4 is 11.9 Å². The van der Waals surface area contributed by atoms with Gasteiger partial charge in [0.25, 0.3) is 0 Å². The zero-order valence-corrected chi connectivity index (χ0v) is 10.9. The van der Waals surface area contributed by atoms with Gasteiger partial charge in [0, 0.05) is 5.92 Å². The summed E-state index contributed by atoms with van der Waals surface area (Å²) in [4.78, 5) is 22.6. The van der Waals surface area contributed by atoms with Gasteiger partial charge in [-0.15, -0.1) is 0 Å². The molecule has 0 saturated heterocycles. The fourth-order valence-corrected chi connectivity index (χ4v) is 2.18. The molecule has 2 rings (SSSR count). The minimum absolute atomic E-state index is 0.122. The number of carboxylic acid groups (broad SMARTS) is 1. The van der Waals surface area contributed by atoms with Gasteiger partial charge in [-0.3, -0.25) is 9.59 Å². The standard InChI is InChI=1S/C14H17NO4/c1-8(14(17)18)15-13(16)11-7-10(11)9-5-3-4-6-12(9)19-2/h3-6,8,10-11H,7H2,1-2H3,(H,15,16)(H,17,18)/t8-,10-,11-/m1/s1. The number of carboxylic acids is 1. The van der Waals surface area contributed by atoms with Crippen molar-refractivity contribution in [2.45, 2.75) is 25.3 Å². The summed E-state index contributed by atoms with van der Waals surface area (Å²) in [5.74, 6) is -0.488. The third kappa shape index (κ3) is 2.86. The summed E-state index contributed by atoms with van der Waals surface area (Å²) in [5, 5.41) is 11.3. The number of carbonyl (C=O) groups is 2. The Morgan fingerprint density at radius 1 is 1.42 bits per heavy atom. The Hall–Kier alpha value is -2.04. The van der Waals surface area contributed by atoms with Gasteiger partial charge in [-0.25, -0.2) is 0 Å². The summed E-state index contributed by atoms with van der Waals surface area (Å²) >= 11 is 0. The number of hydrogen-bond donors (Lipinski definition) is 2. The maximum absolute atomic E-state index is 11.9. The van der Waals surface area contributed by atoms with Gasteiger partial charge in [0.1, 0.15) is 11.8 Å². The van der Waals surface area contributed by atoms with E-state index in [0.717, 1.165) is 17.7 Å². The van der Waals surface area contributed by atoms with Crippen LogP contribution in [0.5, 0.6) is 5.75 Å². The highest BCUT2D eigenvalue weighted by atomic mass is 16.5. The summed E-state index contributed by atoms with van der Waals surface area (Å²) in [6.07, 6.45) is 0.735. The van der Waals surface area contributed by atoms with E-state index >= 15 is 0 Å². The molecule has 1 aliphatic rings. The van der Waals surface area contributed by atoms with E-state index in [1.165, 1.54) is 6.92 Å². The highest BCUT2D eigenvalue weighted by Crippen LogP contribution is 2.50. The second kappa shape index (κ2) is 5.30. The molecule has 1 aromatic rings. The minimum Gasteiger partial charge on any atom is -0.496 e. The predicted molar refractivity (Wildman–Crippen MR) is 69.1 cm³/mol. The molecule has 1 fully saturated rings. The van der Waals surface area contributed by atoms with Crippen molar-refractivity contribution in [3.05, 3.63) is 29.8 Å². The van der Waals surface area contributed by atoms with Gasteiger partial charge < -0.3 is 15.2 Å². The smallest absolute Gasteiger partial charge is 0.325 e. The van der Waals surface area contributed by atoms with Gasteiger partial charge in [0.15, 0.2) is 0 Å². The molecule has 0 aliphatic heterocycles. The molecule has 102 valence electrons. The van der Waals surface area contributed by atoms with Crippen LogP contribution in [0.1, 0.15) is 24.8 Å². The van der Waals surface area contributed by atoms with E-state index in [4.69, 9.17) is 9.84 Å². The maximum atomic E-state index is 11.9. The average molecular weight is 263 g/mol. The molecule has 1 saturated carbocycles. The largest absolute Gasteiger partial charge is 0.496 e. The van der Waals surface area contributed by atoms with Crippen molar-refractivity contribution in [2.24, 2.45) is 5.92 Å². The molecular formula is C14H17NO4. The molecule has 0 aromatic heterocycles. The molecule has 2 N–H and O–H groups in total.